The van der Waals surface area contributed by atoms with Crippen molar-refractivity contribution in [3.63, 3.8) is 0 Å². The number of carbonyl (C=O) groups is 2. The van der Waals surface area contributed by atoms with E-state index in [1.165, 1.54) is 0 Å². The second-order valence-corrected chi connectivity index (χ2v) is 7.52. The summed E-state index contributed by atoms with van der Waals surface area (Å²) in [6, 6.07) is 16.3. The first-order chi connectivity index (χ1) is 12.6. The highest BCUT2D eigenvalue weighted by atomic mass is 16.6. The lowest BCUT2D eigenvalue weighted by Gasteiger charge is -2.24. The molecule has 5 rings (SSSR count). The number of carbonyl (C=O) groups excluding carboxylic acids is 2. The van der Waals surface area contributed by atoms with Gasteiger partial charge in [0.05, 0.1) is 19.0 Å². The molecule has 0 radical (unpaired) electrons. The average Bonchev–Trinajstić information content (AvgIpc) is 3.29. The predicted molar refractivity (Wildman–Crippen MR) is 96.8 cm³/mol. The zero-order valence-corrected chi connectivity index (χ0v) is 14.6. The van der Waals surface area contributed by atoms with Gasteiger partial charge in [-0.1, -0.05) is 48.5 Å². The minimum atomic E-state index is -0.543. The Hall–Kier alpha value is -2.82. The van der Waals surface area contributed by atoms with Gasteiger partial charge in [-0.3, -0.25) is 4.79 Å². The molecule has 5 nitrogen and oxygen atoms in total. The van der Waals surface area contributed by atoms with E-state index in [1.807, 2.05) is 41.3 Å². The Morgan fingerprint density at radius 3 is 2.23 bits per heavy atom. The van der Waals surface area contributed by atoms with Crippen LogP contribution in [0.1, 0.15) is 23.5 Å². The summed E-state index contributed by atoms with van der Waals surface area (Å²) < 4.78 is 5.60. The standard InChI is InChI=1S/C21H20N2O3/c1-22-12-21(26-20(22)25)10-11-23(13-21)19(24)18-16-8-4-2-6-14(16)15-7-3-5-9-17(15)18/h2-9,18H,10-13H2,1H3/t21-/m1/s1. The van der Waals surface area contributed by atoms with E-state index in [2.05, 4.69) is 12.1 Å². The molecule has 1 aliphatic carbocycles. The second-order valence-electron chi connectivity index (χ2n) is 7.52. The van der Waals surface area contributed by atoms with Crippen LogP contribution in [0.4, 0.5) is 4.79 Å². The Kier molecular flexibility index (Phi) is 3.17. The monoisotopic (exact) mass is 348 g/mol. The Bertz CT molecular complexity index is 879. The molecule has 2 aliphatic heterocycles. The smallest absolute Gasteiger partial charge is 0.410 e. The first kappa shape index (κ1) is 15.4. The molecule has 2 saturated heterocycles. The van der Waals surface area contributed by atoms with E-state index in [0.29, 0.717) is 26.1 Å². The van der Waals surface area contributed by atoms with Crippen LogP contribution in [-0.4, -0.2) is 54.1 Å². The molecule has 2 fully saturated rings. The molecular formula is C21H20N2O3. The number of rotatable bonds is 1. The lowest BCUT2D eigenvalue weighted by molar-refractivity contribution is -0.131. The van der Waals surface area contributed by atoms with Gasteiger partial charge in [-0.15, -0.1) is 0 Å². The highest BCUT2D eigenvalue weighted by Gasteiger charge is 2.50. The van der Waals surface area contributed by atoms with Crippen molar-refractivity contribution in [2.45, 2.75) is 17.9 Å². The number of fused-ring (bicyclic) bond motifs is 3. The van der Waals surface area contributed by atoms with Crippen LogP contribution in [0.25, 0.3) is 11.1 Å². The fraction of sp³-hybridized carbons (Fsp3) is 0.333. The van der Waals surface area contributed by atoms with Crippen molar-refractivity contribution in [3.05, 3.63) is 59.7 Å². The summed E-state index contributed by atoms with van der Waals surface area (Å²) in [6.07, 6.45) is 0.404. The lowest BCUT2D eigenvalue weighted by atomic mass is 9.95. The third-order valence-electron chi connectivity index (χ3n) is 5.85. The third kappa shape index (κ3) is 2.09. The third-order valence-corrected chi connectivity index (χ3v) is 5.85. The van der Waals surface area contributed by atoms with Gasteiger partial charge < -0.3 is 14.5 Å². The van der Waals surface area contributed by atoms with E-state index in [1.54, 1.807) is 11.9 Å². The van der Waals surface area contributed by atoms with Gasteiger partial charge in [-0.05, 0) is 22.3 Å². The number of amides is 2. The summed E-state index contributed by atoms with van der Waals surface area (Å²) in [5.41, 5.74) is 3.88. The van der Waals surface area contributed by atoms with Crippen molar-refractivity contribution in [2.24, 2.45) is 0 Å². The minimum absolute atomic E-state index is 0.102. The highest BCUT2D eigenvalue weighted by Crippen LogP contribution is 2.46. The first-order valence-electron chi connectivity index (χ1n) is 8.99. The Labute approximate surface area is 152 Å². The number of ether oxygens (including phenoxy) is 1. The maximum atomic E-state index is 13.4. The molecule has 0 unspecified atom stereocenters. The Morgan fingerprint density at radius 2 is 1.65 bits per heavy atom. The van der Waals surface area contributed by atoms with Crippen molar-refractivity contribution in [1.29, 1.82) is 0 Å². The molecule has 132 valence electrons. The summed E-state index contributed by atoms with van der Waals surface area (Å²) in [7, 11) is 1.74. The topological polar surface area (TPSA) is 49.9 Å². The zero-order valence-electron chi connectivity index (χ0n) is 14.6. The van der Waals surface area contributed by atoms with Gasteiger partial charge in [-0.25, -0.2) is 4.79 Å². The SMILES string of the molecule is CN1C[C@@]2(CCN(C(=O)C3c4ccccc4-c4ccccc43)C2)OC1=O. The quantitative estimate of drug-likeness (QED) is 0.796. The molecular weight excluding hydrogens is 328 g/mol. The summed E-state index contributed by atoms with van der Waals surface area (Å²) in [5, 5.41) is 0. The predicted octanol–water partition coefficient (Wildman–Crippen LogP) is 2.85. The van der Waals surface area contributed by atoms with E-state index in [9.17, 15) is 9.59 Å². The van der Waals surface area contributed by atoms with Crippen LogP contribution in [0.15, 0.2) is 48.5 Å². The van der Waals surface area contributed by atoms with Gasteiger partial charge in [-0.2, -0.15) is 0 Å². The molecule has 0 aromatic heterocycles. The number of hydrogen-bond donors (Lipinski definition) is 0. The van der Waals surface area contributed by atoms with Crippen molar-refractivity contribution in [1.82, 2.24) is 9.80 Å². The highest BCUT2D eigenvalue weighted by molar-refractivity contribution is 5.96. The van der Waals surface area contributed by atoms with Crippen LogP contribution in [0, 0.1) is 0 Å². The van der Waals surface area contributed by atoms with Crippen LogP contribution >= 0.6 is 0 Å². The largest absolute Gasteiger partial charge is 0.439 e. The molecule has 2 aromatic rings. The van der Waals surface area contributed by atoms with Crippen LogP contribution in [0.5, 0.6) is 0 Å². The van der Waals surface area contributed by atoms with E-state index in [0.717, 1.165) is 22.3 Å². The van der Waals surface area contributed by atoms with Gasteiger partial charge in [0.2, 0.25) is 5.91 Å². The summed E-state index contributed by atoms with van der Waals surface area (Å²) in [6.45, 7) is 1.65. The van der Waals surface area contributed by atoms with Crippen molar-refractivity contribution in [3.8, 4) is 11.1 Å². The Morgan fingerprint density at radius 1 is 1.04 bits per heavy atom. The molecule has 1 spiro atoms. The fourth-order valence-electron chi connectivity index (χ4n) is 4.64. The molecule has 3 aliphatic rings. The first-order valence-corrected chi connectivity index (χ1v) is 8.99. The van der Waals surface area contributed by atoms with Gasteiger partial charge in [0.25, 0.3) is 0 Å². The van der Waals surface area contributed by atoms with Crippen LogP contribution in [0.3, 0.4) is 0 Å². The second kappa shape index (κ2) is 5.34. The lowest BCUT2D eigenvalue weighted by Crippen LogP contribution is -2.40. The van der Waals surface area contributed by atoms with Gasteiger partial charge in [0.15, 0.2) is 5.60 Å². The molecule has 0 saturated carbocycles. The molecule has 5 heteroatoms. The molecule has 2 amide bonds. The average molecular weight is 348 g/mol. The molecule has 26 heavy (non-hydrogen) atoms. The van der Waals surface area contributed by atoms with E-state index in [-0.39, 0.29) is 17.9 Å². The van der Waals surface area contributed by atoms with Crippen molar-refractivity contribution < 1.29 is 14.3 Å². The van der Waals surface area contributed by atoms with E-state index < -0.39 is 5.60 Å². The van der Waals surface area contributed by atoms with Crippen LogP contribution in [-0.2, 0) is 9.53 Å². The maximum Gasteiger partial charge on any atom is 0.410 e. The normalized spacial score (nSPS) is 24.1. The molecule has 0 bridgehead atoms. The van der Waals surface area contributed by atoms with Crippen LogP contribution in [0.2, 0.25) is 0 Å². The number of likely N-dealkylation sites (tertiary alicyclic amines) is 1. The summed E-state index contributed by atoms with van der Waals surface area (Å²) in [5.74, 6) is -0.169. The summed E-state index contributed by atoms with van der Waals surface area (Å²) >= 11 is 0. The number of benzene rings is 2. The number of hydrogen-bond acceptors (Lipinski definition) is 3. The van der Waals surface area contributed by atoms with E-state index in [4.69, 9.17) is 4.74 Å². The van der Waals surface area contributed by atoms with Gasteiger partial charge >= 0.3 is 6.09 Å². The minimum Gasteiger partial charge on any atom is -0.439 e. The summed E-state index contributed by atoms with van der Waals surface area (Å²) in [4.78, 5) is 28.7. The molecule has 2 heterocycles. The van der Waals surface area contributed by atoms with Gasteiger partial charge in [0.1, 0.15) is 0 Å². The van der Waals surface area contributed by atoms with E-state index >= 15 is 0 Å². The van der Waals surface area contributed by atoms with Gasteiger partial charge in [0, 0.05) is 20.0 Å². The molecule has 2 aromatic carbocycles. The van der Waals surface area contributed by atoms with Crippen molar-refractivity contribution in [2.75, 3.05) is 26.7 Å². The fourth-order valence-corrected chi connectivity index (χ4v) is 4.64. The maximum absolute atomic E-state index is 13.4. The Balaban J connectivity index is 1.48. The number of likely N-dealkylation sites (N-methyl/N-ethyl adjacent to an activating group) is 1. The molecule has 0 N–H and O–H groups in total. The zero-order chi connectivity index (χ0) is 17.9. The van der Waals surface area contributed by atoms with Crippen molar-refractivity contribution >= 4 is 12.0 Å². The number of nitrogens with zero attached hydrogens (tertiary/aromatic N) is 2. The molecule has 1 atom stereocenters. The van der Waals surface area contributed by atoms with Crippen LogP contribution < -0.4 is 0 Å².